The van der Waals surface area contributed by atoms with E-state index in [1.807, 2.05) is 39.0 Å². The van der Waals surface area contributed by atoms with Crippen LogP contribution in [0.2, 0.25) is 0 Å². The Bertz CT molecular complexity index is 690. The van der Waals surface area contributed by atoms with E-state index >= 15 is 0 Å². The zero-order valence-corrected chi connectivity index (χ0v) is 14.9. The highest BCUT2D eigenvalue weighted by Gasteiger charge is 2.21. The van der Waals surface area contributed by atoms with E-state index in [-0.39, 0.29) is 11.8 Å². The maximum absolute atomic E-state index is 12.4. The normalized spacial score (nSPS) is 11.9. The van der Waals surface area contributed by atoms with Crippen molar-refractivity contribution in [1.82, 2.24) is 15.5 Å². The zero-order valence-electron chi connectivity index (χ0n) is 14.9. The minimum absolute atomic E-state index is 0.00976. The first-order chi connectivity index (χ1) is 11.5. The van der Waals surface area contributed by atoms with E-state index in [2.05, 4.69) is 15.5 Å². The van der Waals surface area contributed by atoms with Crippen LogP contribution < -0.4 is 14.8 Å². The predicted molar refractivity (Wildman–Crippen MR) is 92.7 cm³/mol. The van der Waals surface area contributed by atoms with Crippen molar-refractivity contribution in [2.24, 2.45) is 0 Å². The summed E-state index contributed by atoms with van der Waals surface area (Å²) in [5, 5.41) is 10.1. The summed E-state index contributed by atoms with van der Waals surface area (Å²) in [6.07, 6.45) is 0.669. The van der Waals surface area contributed by atoms with Crippen LogP contribution in [-0.2, 0) is 11.2 Å². The van der Waals surface area contributed by atoms with Crippen LogP contribution in [-0.4, -0.2) is 36.9 Å². The third kappa shape index (κ3) is 3.88. The SMILES string of the molecule is COc1ccc(OC)c(CCNC(=O)[C@@H](C)c2c(C)n[nH]c2C)c1. The first-order valence-electron chi connectivity index (χ1n) is 7.98. The maximum Gasteiger partial charge on any atom is 0.227 e. The molecular weight excluding hydrogens is 306 g/mol. The molecule has 6 nitrogen and oxygen atoms in total. The molecule has 2 N–H and O–H groups in total. The summed E-state index contributed by atoms with van der Waals surface area (Å²) in [5.74, 6) is 1.31. The second kappa shape index (κ2) is 7.86. The molecule has 0 bridgehead atoms. The fourth-order valence-corrected chi connectivity index (χ4v) is 2.88. The van der Waals surface area contributed by atoms with Crippen LogP contribution in [0.1, 0.15) is 35.4 Å². The molecule has 1 heterocycles. The quantitative estimate of drug-likeness (QED) is 0.817. The van der Waals surface area contributed by atoms with Crippen molar-refractivity contribution < 1.29 is 14.3 Å². The van der Waals surface area contributed by atoms with Crippen LogP contribution in [0.15, 0.2) is 18.2 Å². The zero-order chi connectivity index (χ0) is 17.7. The largest absolute Gasteiger partial charge is 0.497 e. The number of H-pyrrole nitrogens is 1. The smallest absolute Gasteiger partial charge is 0.227 e. The molecule has 24 heavy (non-hydrogen) atoms. The molecule has 1 aromatic carbocycles. The molecule has 0 aliphatic heterocycles. The Labute approximate surface area is 142 Å². The first kappa shape index (κ1) is 17.8. The molecule has 0 saturated heterocycles. The number of ether oxygens (including phenoxy) is 2. The summed E-state index contributed by atoms with van der Waals surface area (Å²) in [6, 6.07) is 5.66. The third-order valence-corrected chi connectivity index (χ3v) is 4.19. The third-order valence-electron chi connectivity index (χ3n) is 4.19. The van der Waals surface area contributed by atoms with Crippen LogP contribution >= 0.6 is 0 Å². The monoisotopic (exact) mass is 331 g/mol. The Balaban J connectivity index is 1.98. The van der Waals surface area contributed by atoms with Gasteiger partial charge in [-0.25, -0.2) is 0 Å². The van der Waals surface area contributed by atoms with Crippen molar-refractivity contribution in [2.75, 3.05) is 20.8 Å². The molecule has 0 aliphatic rings. The highest BCUT2D eigenvalue weighted by molar-refractivity contribution is 5.83. The van der Waals surface area contributed by atoms with Gasteiger partial charge in [-0.3, -0.25) is 9.89 Å². The van der Waals surface area contributed by atoms with Gasteiger partial charge in [0.15, 0.2) is 0 Å². The topological polar surface area (TPSA) is 76.2 Å². The maximum atomic E-state index is 12.4. The van der Waals surface area contributed by atoms with E-state index in [1.54, 1.807) is 14.2 Å². The molecule has 1 amide bonds. The average molecular weight is 331 g/mol. The molecule has 0 fully saturated rings. The minimum Gasteiger partial charge on any atom is -0.497 e. The number of aryl methyl sites for hydroxylation is 2. The van der Waals surface area contributed by atoms with Gasteiger partial charge in [0.05, 0.1) is 25.8 Å². The molecule has 1 aromatic heterocycles. The van der Waals surface area contributed by atoms with Crippen LogP contribution in [0, 0.1) is 13.8 Å². The highest BCUT2D eigenvalue weighted by Crippen LogP contribution is 2.24. The lowest BCUT2D eigenvalue weighted by atomic mass is 9.98. The standard InChI is InChI=1S/C18H25N3O3/c1-11(17-12(2)20-21-13(17)3)18(22)19-9-8-14-10-15(23-4)6-7-16(14)24-5/h6-7,10-11H,8-9H2,1-5H3,(H,19,22)(H,20,21)/t11-/m0/s1. The number of rotatable bonds is 7. The van der Waals surface area contributed by atoms with Crippen molar-refractivity contribution in [3.05, 3.63) is 40.7 Å². The van der Waals surface area contributed by atoms with Crippen molar-refractivity contribution in [3.8, 4) is 11.5 Å². The molecule has 130 valence electrons. The van der Waals surface area contributed by atoms with Gasteiger partial charge in [-0.05, 0) is 51.0 Å². The minimum atomic E-state index is -0.240. The van der Waals surface area contributed by atoms with Gasteiger partial charge in [-0.1, -0.05) is 0 Å². The number of carbonyl (C=O) groups excluding carboxylic acids is 1. The summed E-state index contributed by atoms with van der Waals surface area (Å²) in [6.45, 7) is 6.26. The lowest BCUT2D eigenvalue weighted by Gasteiger charge is -2.14. The van der Waals surface area contributed by atoms with E-state index < -0.39 is 0 Å². The van der Waals surface area contributed by atoms with Crippen LogP contribution in [0.25, 0.3) is 0 Å². The molecule has 2 rings (SSSR count). The summed E-state index contributed by atoms with van der Waals surface area (Å²) < 4.78 is 10.6. The first-order valence-corrected chi connectivity index (χ1v) is 7.98. The number of methoxy groups -OCH3 is 2. The van der Waals surface area contributed by atoms with Crippen molar-refractivity contribution in [3.63, 3.8) is 0 Å². The number of carbonyl (C=O) groups is 1. The van der Waals surface area contributed by atoms with Gasteiger partial charge < -0.3 is 14.8 Å². The Kier molecular flexibility index (Phi) is 5.84. The highest BCUT2D eigenvalue weighted by atomic mass is 16.5. The molecule has 6 heteroatoms. The van der Waals surface area contributed by atoms with Gasteiger partial charge in [0.1, 0.15) is 11.5 Å². The van der Waals surface area contributed by atoms with E-state index in [9.17, 15) is 4.79 Å². The second-order valence-corrected chi connectivity index (χ2v) is 5.79. The summed E-state index contributed by atoms with van der Waals surface area (Å²) in [5.41, 5.74) is 3.76. The lowest BCUT2D eigenvalue weighted by molar-refractivity contribution is -0.122. The Morgan fingerprint density at radius 1 is 1.29 bits per heavy atom. The van der Waals surface area contributed by atoms with Gasteiger partial charge in [0.25, 0.3) is 0 Å². The molecule has 0 radical (unpaired) electrons. The molecule has 0 saturated carbocycles. The van der Waals surface area contributed by atoms with Gasteiger partial charge in [-0.2, -0.15) is 5.10 Å². The van der Waals surface area contributed by atoms with Crippen molar-refractivity contribution >= 4 is 5.91 Å². The lowest BCUT2D eigenvalue weighted by Crippen LogP contribution is -2.30. The number of nitrogens with zero attached hydrogens (tertiary/aromatic N) is 1. The molecule has 0 unspecified atom stereocenters. The fraction of sp³-hybridized carbons (Fsp3) is 0.444. The van der Waals surface area contributed by atoms with Gasteiger partial charge in [0.2, 0.25) is 5.91 Å². The average Bonchev–Trinajstić information content (AvgIpc) is 2.92. The molecule has 2 aromatic rings. The van der Waals surface area contributed by atoms with Crippen molar-refractivity contribution in [1.29, 1.82) is 0 Å². The molecule has 0 spiro atoms. The number of aromatic nitrogens is 2. The van der Waals surface area contributed by atoms with Crippen molar-refractivity contribution in [2.45, 2.75) is 33.1 Å². The predicted octanol–water partition coefficient (Wildman–Crippen LogP) is 2.51. The van der Waals surface area contributed by atoms with E-state index in [0.29, 0.717) is 13.0 Å². The molecule has 0 aliphatic carbocycles. The number of hydrogen-bond acceptors (Lipinski definition) is 4. The Morgan fingerprint density at radius 3 is 2.62 bits per heavy atom. The van der Waals surface area contributed by atoms with E-state index in [4.69, 9.17) is 9.47 Å². The number of benzene rings is 1. The molecule has 1 atom stereocenters. The Hall–Kier alpha value is -2.50. The van der Waals surface area contributed by atoms with Gasteiger partial charge in [-0.15, -0.1) is 0 Å². The van der Waals surface area contributed by atoms with Gasteiger partial charge >= 0.3 is 0 Å². The van der Waals surface area contributed by atoms with E-state index in [0.717, 1.165) is 34.0 Å². The number of hydrogen-bond donors (Lipinski definition) is 2. The van der Waals surface area contributed by atoms with Crippen LogP contribution in [0.3, 0.4) is 0 Å². The number of amides is 1. The molecular formula is C18H25N3O3. The van der Waals surface area contributed by atoms with Crippen LogP contribution in [0.5, 0.6) is 11.5 Å². The van der Waals surface area contributed by atoms with Crippen LogP contribution in [0.4, 0.5) is 0 Å². The summed E-state index contributed by atoms with van der Waals surface area (Å²) in [4.78, 5) is 12.4. The summed E-state index contributed by atoms with van der Waals surface area (Å²) in [7, 11) is 3.26. The number of aromatic amines is 1. The number of nitrogens with one attached hydrogen (secondary N) is 2. The van der Waals surface area contributed by atoms with E-state index in [1.165, 1.54) is 0 Å². The summed E-state index contributed by atoms with van der Waals surface area (Å²) >= 11 is 0. The second-order valence-electron chi connectivity index (χ2n) is 5.79. The Morgan fingerprint density at radius 2 is 2.04 bits per heavy atom. The fourth-order valence-electron chi connectivity index (χ4n) is 2.88. The van der Waals surface area contributed by atoms with Gasteiger partial charge in [0, 0.05) is 17.8 Å².